The van der Waals surface area contributed by atoms with Crippen molar-refractivity contribution in [3.8, 4) is 11.5 Å². The maximum atomic E-state index is 10.5. The molecule has 0 saturated heterocycles. The van der Waals surface area contributed by atoms with E-state index in [-0.39, 0.29) is 12.1 Å². The molecule has 0 radical (unpaired) electrons. The maximum absolute atomic E-state index is 10.5. The molecule has 1 heterocycles. The van der Waals surface area contributed by atoms with Crippen LogP contribution in [0.15, 0.2) is 6.07 Å². The van der Waals surface area contributed by atoms with E-state index in [1.54, 1.807) is 0 Å². The number of benzene rings is 1. The van der Waals surface area contributed by atoms with Gasteiger partial charge in [-0.3, -0.25) is 4.79 Å². The van der Waals surface area contributed by atoms with Gasteiger partial charge in [0, 0.05) is 0 Å². The van der Waals surface area contributed by atoms with Gasteiger partial charge in [-0.15, -0.1) is 0 Å². The minimum absolute atomic E-state index is 0.00200. The first-order chi connectivity index (χ1) is 10.3. The Bertz CT molecular complexity index is 570. The predicted octanol–water partition coefficient (Wildman–Crippen LogP) is 2.55. The first-order valence-electron chi connectivity index (χ1n) is 7.76. The monoisotopic (exact) mass is 307 g/mol. The molecular formula is C17H25NO4. The standard InChI is InChI=1S/C17H25NO4/c1-11-12(2)16-13(9-14(11)19)5-7-17(3,22-16)6-4-8-18-10-15(20)21/h9,18-19H,4-8,10H2,1-3H3,(H,20,21). The van der Waals surface area contributed by atoms with Gasteiger partial charge in [-0.25, -0.2) is 0 Å². The van der Waals surface area contributed by atoms with Gasteiger partial charge in [-0.1, -0.05) is 0 Å². The maximum Gasteiger partial charge on any atom is 0.317 e. The summed E-state index contributed by atoms with van der Waals surface area (Å²) in [7, 11) is 0. The molecule has 0 saturated carbocycles. The van der Waals surface area contributed by atoms with Crippen LogP contribution in [0.2, 0.25) is 0 Å². The van der Waals surface area contributed by atoms with Crippen molar-refractivity contribution in [2.24, 2.45) is 0 Å². The lowest BCUT2D eigenvalue weighted by Gasteiger charge is -2.37. The number of aryl methyl sites for hydroxylation is 1. The SMILES string of the molecule is Cc1c(O)cc2c(c1C)OC(C)(CCCNCC(=O)O)CC2. The minimum atomic E-state index is -0.833. The van der Waals surface area contributed by atoms with Crippen LogP contribution < -0.4 is 10.1 Å². The number of ether oxygens (including phenoxy) is 1. The van der Waals surface area contributed by atoms with Crippen molar-refractivity contribution >= 4 is 5.97 Å². The predicted molar refractivity (Wildman–Crippen MR) is 84.7 cm³/mol. The molecule has 1 atom stereocenters. The molecule has 1 aliphatic heterocycles. The van der Waals surface area contributed by atoms with Gasteiger partial charge in [-0.2, -0.15) is 0 Å². The number of carboxylic acid groups (broad SMARTS) is 1. The van der Waals surface area contributed by atoms with Crippen LogP contribution in [0.5, 0.6) is 11.5 Å². The number of phenols is 1. The van der Waals surface area contributed by atoms with Crippen molar-refractivity contribution in [2.45, 2.75) is 52.1 Å². The molecule has 1 aromatic carbocycles. The van der Waals surface area contributed by atoms with E-state index in [0.717, 1.165) is 48.1 Å². The Hall–Kier alpha value is -1.75. The highest BCUT2D eigenvalue weighted by molar-refractivity contribution is 5.68. The van der Waals surface area contributed by atoms with E-state index in [9.17, 15) is 9.90 Å². The van der Waals surface area contributed by atoms with Gasteiger partial charge >= 0.3 is 5.97 Å². The summed E-state index contributed by atoms with van der Waals surface area (Å²) in [6, 6.07) is 1.81. The molecule has 22 heavy (non-hydrogen) atoms. The van der Waals surface area contributed by atoms with E-state index >= 15 is 0 Å². The van der Waals surface area contributed by atoms with Crippen LogP contribution in [0, 0.1) is 13.8 Å². The molecule has 1 unspecified atom stereocenters. The highest BCUT2D eigenvalue weighted by Gasteiger charge is 2.32. The molecule has 3 N–H and O–H groups in total. The molecule has 0 aliphatic carbocycles. The number of rotatable bonds is 6. The number of aromatic hydroxyl groups is 1. The van der Waals surface area contributed by atoms with E-state index in [1.165, 1.54) is 0 Å². The highest BCUT2D eigenvalue weighted by Crippen LogP contribution is 2.41. The molecule has 0 fully saturated rings. The number of hydrogen-bond acceptors (Lipinski definition) is 4. The molecule has 2 rings (SSSR count). The van der Waals surface area contributed by atoms with Crippen LogP contribution in [-0.2, 0) is 11.2 Å². The van der Waals surface area contributed by atoms with Crippen molar-refractivity contribution in [1.82, 2.24) is 5.32 Å². The third kappa shape index (κ3) is 3.71. The van der Waals surface area contributed by atoms with Crippen molar-refractivity contribution in [3.63, 3.8) is 0 Å². The Morgan fingerprint density at radius 3 is 2.82 bits per heavy atom. The van der Waals surface area contributed by atoms with E-state index in [0.29, 0.717) is 12.3 Å². The fourth-order valence-corrected chi connectivity index (χ4v) is 2.93. The largest absolute Gasteiger partial charge is 0.508 e. The summed E-state index contributed by atoms with van der Waals surface area (Å²) in [5.41, 5.74) is 2.71. The Balaban J connectivity index is 1.98. The van der Waals surface area contributed by atoms with Crippen molar-refractivity contribution in [2.75, 3.05) is 13.1 Å². The number of aliphatic carboxylic acids is 1. The quantitative estimate of drug-likeness (QED) is 0.704. The van der Waals surface area contributed by atoms with E-state index in [4.69, 9.17) is 9.84 Å². The Morgan fingerprint density at radius 1 is 1.41 bits per heavy atom. The fourth-order valence-electron chi connectivity index (χ4n) is 2.93. The lowest BCUT2D eigenvalue weighted by Crippen LogP contribution is -2.37. The van der Waals surface area contributed by atoms with Crippen LogP contribution in [0.4, 0.5) is 0 Å². The molecule has 0 amide bonds. The first-order valence-corrected chi connectivity index (χ1v) is 7.76. The molecule has 0 aromatic heterocycles. The van der Waals surface area contributed by atoms with Gasteiger partial charge in [0.25, 0.3) is 0 Å². The normalized spacial score (nSPS) is 20.3. The number of hydrogen-bond donors (Lipinski definition) is 3. The van der Waals surface area contributed by atoms with Gasteiger partial charge < -0.3 is 20.3 Å². The average molecular weight is 307 g/mol. The van der Waals surface area contributed by atoms with E-state index < -0.39 is 5.97 Å². The molecule has 122 valence electrons. The zero-order chi connectivity index (χ0) is 16.3. The molecule has 0 spiro atoms. The van der Waals surface area contributed by atoms with E-state index in [2.05, 4.69) is 12.2 Å². The smallest absolute Gasteiger partial charge is 0.317 e. The van der Waals surface area contributed by atoms with Crippen molar-refractivity contribution in [3.05, 3.63) is 22.8 Å². The van der Waals surface area contributed by atoms with Gasteiger partial charge in [0.2, 0.25) is 0 Å². The van der Waals surface area contributed by atoms with Crippen LogP contribution >= 0.6 is 0 Å². The van der Waals surface area contributed by atoms with E-state index in [1.807, 2.05) is 19.9 Å². The summed E-state index contributed by atoms with van der Waals surface area (Å²) in [4.78, 5) is 10.5. The zero-order valence-electron chi connectivity index (χ0n) is 13.5. The Morgan fingerprint density at radius 2 is 2.14 bits per heavy atom. The number of carbonyl (C=O) groups is 1. The summed E-state index contributed by atoms with van der Waals surface area (Å²) < 4.78 is 6.26. The van der Waals surface area contributed by atoms with Crippen LogP contribution in [0.25, 0.3) is 0 Å². The number of nitrogens with one attached hydrogen (secondary N) is 1. The third-order valence-electron chi connectivity index (χ3n) is 4.50. The van der Waals surface area contributed by atoms with Crippen molar-refractivity contribution in [1.29, 1.82) is 0 Å². The van der Waals surface area contributed by atoms with Gasteiger partial charge in [0.05, 0.1) is 6.54 Å². The van der Waals surface area contributed by atoms with Crippen LogP contribution in [0.3, 0.4) is 0 Å². The summed E-state index contributed by atoms with van der Waals surface area (Å²) in [6.45, 7) is 6.66. The number of phenolic OH excluding ortho intramolecular Hbond substituents is 1. The molecular weight excluding hydrogens is 282 g/mol. The summed E-state index contributed by atoms with van der Waals surface area (Å²) in [5.74, 6) is 0.406. The fraction of sp³-hybridized carbons (Fsp3) is 0.588. The average Bonchev–Trinajstić information content (AvgIpc) is 2.45. The summed E-state index contributed by atoms with van der Waals surface area (Å²) >= 11 is 0. The van der Waals surface area contributed by atoms with Crippen molar-refractivity contribution < 1.29 is 19.7 Å². The molecule has 1 aliphatic rings. The molecule has 5 nitrogen and oxygen atoms in total. The number of carboxylic acids is 1. The van der Waals surface area contributed by atoms with Crippen LogP contribution in [-0.4, -0.2) is 34.9 Å². The second-order valence-corrected chi connectivity index (χ2v) is 6.36. The Kier molecular flexibility index (Phi) is 4.96. The minimum Gasteiger partial charge on any atom is -0.508 e. The lowest BCUT2D eigenvalue weighted by atomic mass is 9.87. The zero-order valence-corrected chi connectivity index (χ0v) is 13.5. The van der Waals surface area contributed by atoms with Gasteiger partial charge in [-0.05, 0) is 75.8 Å². The molecule has 0 bridgehead atoms. The van der Waals surface area contributed by atoms with Crippen LogP contribution in [0.1, 0.15) is 42.9 Å². The summed E-state index contributed by atoms with van der Waals surface area (Å²) in [5, 5.41) is 21.4. The second-order valence-electron chi connectivity index (χ2n) is 6.36. The second kappa shape index (κ2) is 6.57. The lowest BCUT2D eigenvalue weighted by molar-refractivity contribution is -0.135. The van der Waals surface area contributed by atoms with Gasteiger partial charge in [0.15, 0.2) is 0 Å². The molecule has 5 heteroatoms. The number of fused-ring (bicyclic) bond motifs is 1. The third-order valence-corrected chi connectivity index (χ3v) is 4.50. The summed E-state index contributed by atoms with van der Waals surface area (Å²) in [6.07, 6.45) is 3.54. The highest BCUT2D eigenvalue weighted by atomic mass is 16.5. The molecule has 1 aromatic rings. The first kappa shape index (κ1) is 16.6. The van der Waals surface area contributed by atoms with Gasteiger partial charge in [0.1, 0.15) is 17.1 Å². The Labute approximate surface area is 131 Å². The topological polar surface area (TPSA) is 78.8 Å².